The molecule has 0 saturated carbocycles. The number of aromatic nitrogens is 5. The molecule has 2 unspecified atom stereocenters. The quantitative estimate of drug-likeness (QED) is 0.189. The number of Topliss-reactive ketones (excluding diaryl/α,β-unsaturated/α-hetero) is 2. The van der Waals surface area contributed by atoms with Gasteiger partial charge in [0, 0.05) is 49.3 Å². The predicted octanol–water partition coefficient (Wildman–Crippen LogP) is 2.16. The van der Waals surface area contributed by atoms with Gasteiger partial charge in [-0.1, -0.05) is 44.7 Å². The Hall–Kier alpha value is -3.76. The number of halogens is 1. The summed E-state index contributed by atoms with van der Waals surface area (Å²) in [5.41, 5.74) is -5.51. The third kappa shape index (κ3) is 10.3. The highest BCUT2D eigenvalue weighted by molar-refractivity contribution is 6.07. The number of carbonyl (C=O) groups excluding carboxylic acids is 3. The summed E-state index contributed by atoms with van der Waals surface area (Å²) in [5.74, 6) is 0.00504. The number of aliphatic hydroxyl groups is 2. The van der Waals surface area contributed by atoms with Gasteiger partial charge in [-0.15, -0.1) is 5.10 Å². The number of rotatable bonds is 9. The lowest BCUT2D eigenvalue weighted by atomic mass is 9.73. The predicted molar refractivity (Wildman–Crippen MR) is 206 cm³/mol. The van der Waals surface area contributed by atoms with Gasteiger partial charge in [-0.05, 0) is 61.1 Å². The van der Waals surface area contributed by atoms with E-state index in [0.717, 1.165) is 6.92 Å². The lowest BCUT2D eigenvalue weighted by Gasteiger charge is -2.47. The molecule has 3 N–H and O–H groups in total. The molecular weight excluding hydrogens is 741 g/mol. The van der Waals surface area contributed by atoms with E-state index in [9.17, 15) is 24.6 Å². The van der Waals surface area contributed by atoms with Crippen LogP contribution in [-0.4, -0.2) is 145 Å². The van der Waals surface area contributed by atoms with E-state index in [1.165, 1.54) is 25.6 Å². The summed E-state index contributed by atoms with van der Waals surface area (Å²) in [5, 5.41) is 34.9. The molecular formula is C40H60FN7O9. The third-order valence-electron chi connectivity index (χ3n) is 11.5. The van der Waals surface area contributed by atoms with Gasteiger partial charge in [-0.2, -0.15) is 0 Å². The number of ketones is 2. The van der Waals surface area contributed by atoms with Crippen LogP contribution in [0, 0.1) is 29.6 Å². The number of ether oxygens (including phenoxy) is 4. The van der Waals surface area contributed by atoms with Gasteiger partial charge < -0.3 is 34.1 Å². The van der Waals surface area contributed by atoms with Crippen LogP contribution in [0.25, 0.3) is 11.4 Å². The Balaban J connectivity index is 1.67. The molecule has 316 valence electrons. The van der Waals surface area contributed by atoms with Crippen molar-refractivity contribution in [1.29, 1.82) is 0 Å². The fourth-order valence-electron chi connectivity index (χ4n) is 8.12. The van der Waals surface area contributed by atoms with Crippen LogP contribution in [0.1, 0.15) is 74.7 Å². The van der Waals surface area contributed by atoms with Crippen molar-refractivity contribution in [3.8, 4) is 23.2 Å². The fraction of sp³-hybridized carbons (Fsp3) is 0.725. The molecule has 17 heteroatoms. The van der Waals surface area contributed by atoms with Gasteiger partial charge in [0.25, 0.3) is 5.67 Å². The highest BCUT2D eigenvalue weighted by atomic mass is 19.1. The van der Waals surface area contributed by atoms with E-state index in [4.69, 9.17) is 18.9 Å². The van der Waals surface area contributed by atoms with E-state index in [1.54, 1.807) is 52.5 Å². The zero-order valence-electron chi connectivity index (χ0n) is 34.9. The normalized spacial score (nSPS) is 37.3. The third-order valence-corrected chi connectivity index (χ3v) is 11.5. The van der Waals surface area contributed by atoms with E-state index in [0.29, 0.717) is 17.8 Å². The maximum absolute atomic E-state index is 16.7. The molecule has 0 aromatic carbocycles. The van der Waals surface area contributed by atoms with Gasteiger partial charge in [0.1, 0.15) is 41.5 Å². The van der Waals surface area contributed by atoms with Gasteiger partial charge in [0.2, 0.25) is 0 Å². The average molecular weight is 802 g/mol. The van der Waals surface area contributed by atoms with Crippen molar-refractivity contribution < 1.29 is 47.9 Å². The number of aliphatic hydroxyl groups excluding tert-OH is 1. The Morgan fingerprint density at radius 1 is 1.09 bits per heavy atom. The SMILES string of the molecule is CC[C@H]1OC(=O)[C@@](C)(F)C(=O)[C@H](C)[C@@H](O[C@@H]2O[C@H](C)CC(N(C)C)C2O)[C@](C)(OC)C[C@@H](C)C(=O)[C@H](C)[C@@H](NCC#CCn2cc(-c3cnccn3)nn2)[C@]1(C)O. The van der Waals surface area contributed by atoms with Gasteiger partial charge in [-0.25, -0.2) is 13.9 Å². The molecule has 4 heterocycles. The second-order valence-electron chi connectivity index (χ2n) is 16.2. The molecule has 0 radical (unpaired) electrons. The van der Waals surface area contributed by atoms with Crippen molar-refractivity contribution in [2.75, 3.05) is 27.7 Å². The van der Waals surface area contributed by atoms with Crippen molar-refractivity contribution in [2.45, 2.75) is 141 Å². The molecule has 13 atom stereocenters. The minimum absolute atomic E-state index is 0.00151. The maximum atomic E-state index is 16.7. The largest absolute Gasteiger partial charge is 0.457 e. The molecule has 2 fully saturated rings. The highest BCUT2D eigenvalue weighted by Crippen LogP contribution is 2.39. The van der Waals surface area contributed by atoms with Crippen molar-refractivity contribution in [3.05, 3.63) is 24.8 Å². The molecule has 2 aromatic rings. The van der Waals surface area contributed by atoms with Crippen LogP contribution in [0.2, 0.25) is 0 Å². The van der Waals surface area contributed by atoms with E-state index < -0.39 is 77.0 Å². The number of hydrogen-bond donors (Lipinski definition) is 3. The number of nitrogens with zero attached hydrogens (tertiary/aromatic N) is 6. The van der Waals surface area contributed by atoms with Crippen LogP contribution in [0.5, 0.6) is 0 Å². The molecule has 0 spiro atoms. The molecule has 2 aliphatic rings. The summed E-state index contributed by atoms with van der Waals surface area (Å²) >= 11 is 0. The summed E-state index contributed by atoms with van der Waals surface area (Å²) in [4.78, 5) is 52.3. The number of cyclic esters (lactones) is 1. The Morgan fingerprint density at radius 2 is 1.79 bits per heavy atom. The minimum Gasteiger partial charge on any atom is -0.457 e. The van der Waals surface area contributed by atoms with Crippen LogP contribution in [0.4, 0.5) is 4.39 Å². The minimum atomic E-state index is -3.19. The summed E-state index contributed by atoms with van der Waals surface area (Å²) in [7, 11) is 5.02. The monoisotopic (exact) mass is 801 g/mol. The molecule has 57 heavy (non-hydrogen) atoms. The fourth-order valence-corrected chi connectivity index (χ4v) is 8.12. The van der Waals surface area contributed by atoms with Crippen LogP contribution in [-0.2, 0) is 39.9 Å². The molecule has 4 rings (SSSR count). The topological polar surface area (TPSA) is 200 Å². The van der Waals surface area contributed by atoms with Gasteiger partial charge >= 0.3 is 5.97 Å². The number of carbonyl (C=O) groups is 3. The first-order valence-corrected chi connectivity index (χ1v) is 19.5. The van der Waals surface area contributed by atoms with E-state index >= 15 is 4.39 Å². The summed E-state index contributed by atoms with van der Waals surface area (Å²) < 4.78 is 42.4. The van der Waals surface area contributed by atoms with Crippen LogP contribution in [0.15, 0.2) is 24.8 Å². The zero-order chi connectivity index (χ0) is 42.5. The second-order valence-corrected chi connectivity index (χ2v) is 16.2. The first-order valence-electron chi connectivity index (χ1n) is 19.5. The summed E-state index contributed by atoms with van der Waals surface area (Å²) in [6, 6.07) is -1.42. The Kier molecular flexibility index (Phi) is 15.2. The van der Waals surface area contributed by atoms with Gasteiger partial charge in [0.15, 0.2) is 12.1 Å². The van der Waals surface area contributed by atoms with Gasteiger partial charge in [-0.3, -0.25) is 24.9 Å². The van der Waals surface area contributed by atoms with Crippen LogP contribution < -0.4 is 5.32 Å². The van der Waals surface area contributed by atoms with Crippen LogP contribution in [0.3, 0.4) is 0 Å². The smallest absolute Gasteiger partial charge is 0.351 e. The van der Waals surface area contributed by atoms with E-state index in [2.05, 4.69) is 37.4 Å². The number of alkyl halides is 1. The molecule has 16 nitrogen and oxygen atoms in total. The number of likely N-dealkylation sites (N-methyl/N-ethyl adjacent to an activating group) is 1. The van der Waals surface area contributed by atoms with Crippen molar-refractivity contribution in [3.63, 3.8) is 0 Å². The first kappa shape index (κ1) is 45.9. The Morgan fingerprint density at radius 3 is 2.40 bits per heavy atom. The number of hydrogen-bond acceptors (Lipinski definition) is 15. The highest BCUT2D eigenvalue weighted by Gasteiger charge is 2.56. The molecule has 0 aliphatic carbocycles. The van der Waals surface area contributed by atoms with E-state index in [1.807, 2.05) is 25.9 Å². The van der Waals surface area contributed by atoms with Crippen molar-refractivity contribution in [1.82, 2.24) is 35.2 Å². The molecule has 2 saturated heterocycles. The zero-order valence-corrected chi connectivity index (χ0v) is 34.9. The Labute approximate surface area is 334 Å². The molecule has 2 aliphatic heterocycles. The molecule has 0 bridgehead atoms. The number of nitrogens with one attached hydrogen (secondary N) is 1. The number of esters is 1. The molecule has 2 aromatic heterocycles. The van der Waals surface area contributed by atoms with E-state index in [-0.39, 0.29) is 43.9 Å². The van der Waals surface area contributed by atoms with Gasteiger partial charge in [0.05, 0.1) is 36.7 Å². The molecule has 0 amide bonds. The standard InChI is InChI=1S/C40H60FN7O9/c1-12-30-40(8,53)33(44-15-13-14-18-48-22-28(45-46-48)27-21-42-16-17-43-27)25(4)31(49)23(2)20-38(6,54-11)35(26(5)34(51)39(7,41)37(52)56-30)57-36-32(50)29(47(9)10)19-24(3)55-36/h16-17,21-26,29-30,32-33,35-36,44,50,53H,12,15,18-20H2,1-11H3/t23-,24-,25+,26+,29?,30-,32?,33-,35-,36+,38-,39+,40-/m1/s1. The summed E-state index contributed by atoms with van der Waals surface area (Å²) in [6.07, 6.45) is 1.45. The van der Waals surface area contributed by atoms with Crippen molar-refractivity contribution >= 4 is 17.5 Å². The maximum Gasteiger partial charge on any atom is 0.351 e. The Bertz CT molecular complexity index is 1750. The first-order chi connectivity index (χ1) is 26.7. The lowest BCUT2D eigenvalue weighted by Crippen LogP contribution is -2.63. The average Bonchev–Trinajstić information content (AvgIpc) is 3.65. The summed E-state index contributed by atoms with van der Waals surface area (Å²) in [6.45, 7) is 12.3. The van der Waals surface area contributed by atoms with Crippen molar-refractivity contribution in [2.24, 2.45) is 17.8 Å². The second kappa shape index (κ2) is 18.9. The van der Waals surface area contributed by atoms with Crippen LogP contribution >= 0.6 is 0 Å². The number of methoxy groups -OCH3 is 1. The lowest BCUT2D eigenvalue weighted by molar-refractivity contribution is -0.295.